The van der Waals surface area contributed by atoms with Crippen LogP contribution in [0.5, 0.6) is 0 Å². The number of carbonyl (C=O) groups excluding carboxylic acids is 1. The van der Waals surface area contributed by atoms with Crippen molar-refractivity contribution in [3.8, 4) is 0 Å². The van der Waals surface area contributed by atoms with Crippen LogP contribution in [-0.2, 0) is 4.74 Å². The quantitative estimate of drug-likeness (QED) is 0.719. The number of nitrogens with zero attached hydrogens (tertiary/aromatic N) is 1. The second kappa shape index (κ2) is 8.44. The van der Waals surface area contributed by atoms with Gasteiger partial charge in [0, 0.05) is 13.1 Å². The zero-order valence-electron chi connectivity index (χ0n) is 13.2. The van der Waals surface area contributed by atoms with Gasteiger partial charge in [0.15, 0.2) is 0 Å². The van der Waals surface area contributed by atoms with Gasteiger partial charge in [-0.05, 0) is 37.0 Å². The highest BCUT2D eigenvalue weighted by atomic mass is 16.6. The van der Waals surface area contributed by atoms with E-state index in [1.807, 2.05) is 4.90 Å². The van der Waals surface area contributed by atoms with Gasteiger partial charge in [-0.15, -0.1) is 0 Å². The molecule has 1 aliphatic rings. The molecule has 112 valence electrons. The molecule has 1 rings (SSSR count). The minimum atomic E-state index is -0.109. The van der Waals surface area contributed by atoms with Crippen molar-refractivity contribution < 1.29 is 9.53 Å². The number of hydrogen-bond acceptors (Lipinski definition) is 2. The predicted molar refractivity (Wildman–Crippen MR) is 79.2 cm³/mol. The molecule has 0 N–H and O–H groups in total. The Morgan fingerprint density at radius 3 is 2.63 bits per heavy atom. The molecular weight excluding hydrogens is 238 g/mol. The third kappa shape index (κ3) is 6.84. The van der Waals surface area contributed by atoms with E-state index < -0.39 is 0 Å². The van der Waals surface area contributed by atoms with Crippen molar-refractivity contribution in [1.82, 2.24) is 4.90 Å². The summed E-state index contributed by atoms with van der Waals surface area (Å²) in [5, 5.41) is 0. The Morgan fingerprint density at radius 1 is 1.26 bits per heavy atom. The molecule has 0 aliphatic carbocycles. The van der Waals surface area contributed by atoms with Crippen molar-refractivity contribution in [2.75, 3.05) is 19.7 Å². The second-order valence-corrected chi connectivity index (χ2v) is 6.75. The van der Waals surface area contributed by atoms with E-state index in [2.05, 4.69) is 27.7 Å². The largest absolute Gasteiger partial charge is 0.449 e. The van der Waals surface area contributed by atoms with Crippen LogP contribution in [-0.4, -0.2) is 30.7 Å². The molecule has 0 aromatic heterocycles. The van der Waals surface area contributed by atoms with Gasteiger partial charge in [0.05, 0.1) is 6.61 Å². The molecule has 1 atom stereocenters. The lowest BCUT2D eigenvalue weighted by molar-refractivity contribution is 0.0745. The van der Waals surface area contributed by atoms with Gasteiger partial charge in [-0.3, -0.25) is 0 Å². The van der Waals surface area contributed by atoms with Crippen LogP contribution in [0.4, 0.5) is 4.79 Å². The van der Waals surface area contributed by atoms with E-state index in [4.69, 9.17) is 4.74 Å². The molecule has 0 spiro atoms. The van der Waals surface area contributed by atoms with Gasteiger partial charge in [0.2, 0.25) is 0 Å². The van der Waals surface area contributed by atoms with Crippen LogP contribution in [0.15, 0.2) is 0 Å². The fourth-order valence-electron chi connectivity index (χ4n) is 2.61. The van der Waals surface area contributed by atoms with Gasteiger partial charge in [0.25, 0.3) is 0 Å². The molecule has 1 fully saturated rings. The Bertz CT molecular complexity index is 263. The molecule has 0 radical (unpaired) electrons. The Balaban J connectivity index is 2.27. The fraction of sp³-hybridized carbons (Fsp3) is 0.938. The first kappa shape index (κ1) is 16.3. The first-order valence-electron chi connectivity index (χ1n) is 7.90. The van der Waals surface area contributed by atoms with Crippen molar-refractivity contribution in [3.63, 3.8) is 0 Å². The Kier molecular flexibility index (Phi) is 7.25. The molecule has 19 heavy (non-hydrogen) atoms. The van der Waals surface area contributed by atoms with Crippen LogP contribution < -0.4 is 0 Å². The molecule has 1 unspecified atom stereocenters. The summed E-state index contributed by atoms with van der Waals surface area (Å²) in [5.41, 5.74) is 0. The molecule has 1 amide bonds. The van der Waals surface area contributed by atoms with Crippen molar-refractivity contribution >= 4 is 6.09 Å². The number of likely N-dealkylation sites (tertiary alicyclic amines) is 1. The average molecular weight is 269 g/mol. The molecular formula is C16H31NO2. The second-order valence-electron chi connectivity index (χ2n) is 6.75. The monoisotopic (exact) mass is 269 g/mol. The van der Waals surface area contributed by atoms with Gasteiger partial charge in [-0.1, -0.05) is 40.5 Å². The number of ether oxygens (including phenoxy) is 1. The zero-order chi connectivity index (χ0) is 14.3. The van der Waals surface area contributed by atoms with Crippen LogP contribution in [0.3, 0.4) is 0 Å². The van der Waals surface area contributed by atoms with E-state index >= 15 is 0 Å². The normalized spacial score (nSPS) is 20.1. The molecule has 1 saturated heterocycles. The summed E-state index contributed by atoms with van der Waals surface area (Å²) in [6.45, 7) is 11.0. The lowest BCUT2D eigenvalue weighted by atomic mass is 9.91. The summed E-state index contributed by atoms with van der Waals surface area (Å²) in [4.78, 5) is 13.8. The van der Waals surface area contributed by atoms with Crippen molar-refractivity contribution in [1.29, 1.82) is 0 Å². The smallest absolute Gasteiger partial charge is 0.409 e. The maximum atomic E-state index is 11.9. The van der Waals surface area contributed by atoms with Crippen molar-refractivity contribution in [2.45, 2.75) is 59.8 Å². The lowest BCUT2D eigenvalue weighted by Gasteiger charge is -2.32. The average Bonchev–Trinajstić information content (AvgIpc) is 2.36. The summed E-state index contributed by atoms with van der Waals surface area (Å²) in [6.07, 6.45) is 6.13. The van der Waals surface area contributed by atoms with E-state index in [9.17, 15) is 4.79 Å². The minimum absolute atomic E-state index is 0.109. The fourth-order valence-corrected chi connectivity index (χ4v) is 2.61. The third-order valence-electron chi connectivity index (χ3n) is 3.71. The number of carbonyl (C=O) groups is 1. The Morgan fingerprint density at radius 2 is 2.00 bits per heavy atom. The summed E-state index contributed by atoms with van der Waals surface area (Å²) < 4.78 is 5.32. The minimum Gasteiger partial charge on any atom is -0.449 e. The number of hydrogen-bond donors (Lipinski definition) is 0. The van der Waals surface area contributed by atoms with Crippen LogP contribution in [0.1, 0.15) is 59.8 Å². The van der Waals surface area contributed by atoms with Gasteiger partial charge >= 0.3 is 6.09 Å². The van der Waals surface area contributed by atoms with E-state index in [-0.39, 0.29) is 6.09 Å². The van der Waals surface area contributed by atoms with Crippen molar-refractivity contribution in [3.05, 3.63) is 0 Å². The summed E-state index contributed by atoms with van der Waals surface area (Å²) in [7, 11) is 0. The Labute approximate surface area is 118 Å². The molecule has 1 heterocycles. The molecule has 1 aliphatic heterocycles. The summed E-state index contributed by atoms with van der Waals surface area (Å²) in [5.74, 6) is 1.88. The molecule has 3 heteroatoms. The summed E-state index contributed by atoms with van der Waals surface area (Å²) >= 11 is 0. The van der Waals surface area contributed by atoms with Crippen LogP contribution in [0.25, 0.3) is 0 Å². The molecule has 3 nitrogen and oxygen atoms in total. The van der Waals surface area contributed by atoms with E-state index in [1.54, 1.807) is 0 Å². The molecule has 0 aromatic rings. The van der Waals surface area contributed by atoms with Crippen LogP contribution >= 0.6 is 0 Å². The number of amides is 1. The zero-order valence-corrected chi connectivity index (χ0v) is 13.2. The highest BCUT2D eigenvalue weighted by molar-refractivity contribution is 5.67. The van der Waals surface area contributed by atoms with Crippen LogP contribution in [0, 0.1) is 17.8 Å². The van der Waals surface area contributed by atoms with Crippen molar-refractivity contribution in [2.24, 2.45) is 17.8 Å². The standard InChI is InChI=1S/C16H31NO2/c1-13(2)7-5-8-15-9-6-10-17(11-15)16(18)19-12-14(3)4/h13-15H,5-12H2,1-4H3. The number of piperidine rings is 1. The maximum Gasteiger partial charge on any atom is 0.409 e. The molecule has 0 saturated carbocycles. The van der Waals surface area contributed by atoms with Gasteiger partial charge in [0.1, 0.15) is 0 Å². The van der Waals surface area contributed by atoms with E-state index in [1.165, 1.54) is 25.7 Å². The molecule has 0 aromatic carbocycles. The highest BCUT2D eigenvalue weighted by Gasteiger charge is 2.24. The first-order valence-corrected chi connectivity index (χ1v) is 7.90. The van der Waals surface area contributed by atoms with Gasteiger partial charge in [-0.25, -0.2) is 4.79 Å². The Hall–Kier alpha value is -0.730. The lowest BCUT2D eigenvalue weighted by Crippen LogP contribution is -2.40. The SMILES string of the molecule is CC(C)CCCC1CCCN(C(=O)OCC(C)C)C1. The van der Waals surface area contributed by atoms with Gasteiger partial charge < -0.3 is 9.64 Å². The maximum absolute atomic E-state index is 11.9. The first-order chi connectivity index (χ1) is 8.99. The van der Waals surface area contributed by atoms with E-state index in [0.29, 0.717) is 18.4 Å². The third-order valence-corrected chi connectivity index (χ3v) is 3.71. The topological polar surface area (TPSA) is 29.5 Å². The predicted octanol–water partition coefficient (Wildman–Crippen LogP) is 4.32. The summed E-state index contributed by atoms with van der Waals surface area (Å²) in [6, 6.07) is 0. The van der Waals surface area contributed by atoms with E-state index in [0.717, 1.165) is 25.4 Å². The number of rotatable bonds is 6. The highest BCUT2D eigenvalue weighted by Crippen LogP contribution is 2.23. The van der Waals surface area contributed by atoms with Crippen LogP contribution in [0.2, 0.25) is 0 Å². The van der Waals surface area contributed by atoms with Gasteiger partial charge in [-0.2, -0.15) is 0 Å². The molecule has 0 bridgehead atoms.